The van der Waals surface area contributed by atoms with E-state index in [9.17, 15) is 17.9 Å². The van der Waals surface area contributed by atoms with Crippen LogP contribution in [-0.2, 0) is 10.0 Å². The van der Waals surface area contributed by atoms with E-state index in [-0.39, 0.29) is 17.2 Å². The monoisotopic (exact) mass is 338 g/mol. The van der Waals surface area contributed by atoms with Crippen LogP contribution in [0.2, 0.25) is 0 Å². The first-order valence-corrected chi connectivity index (χ1v) is 8.30. The van der Waals surface area contributed by atoms with Crippen molar-refractivity contribution in [3.63, 3.8) is 0 Å². The number of benzene rings is 2. The first kappa shape index (κ1) is 15.6. The number of sulfonamides is 1. The molecule has 8 heteroatoms. The smallest absolute Gasteiger partial charge is 0.264 e. The Kier molecular flexibility index (Phi) is 3.87. The number of rotatable bonds is 3. The number of nitrogens with zero attached hydrogens (tertiary/aromatic N) is 1. The molecule has 1 unspecified atom stereocenters. The van der Waals surface area contributed by atoms with Gasteiger partial charge in [0.1, 0.15) is 24.2 Å². The van der Waals surface area contributed by atoms with Crippen LogP contribution in [-0.4, -0.2) is 32.8 Å². The van der Waals surface area contributed by atoms with Crippen molar-refractivity contribution < 1.29 is 22.7 Å². The summed E-state index contributed by atoms with van der Waals surface area (Å²) >= 11 is 0. The second kappa shape index (κ2) is 5.71. The summed E-state index contributed by atoms with van der Waals surface area (Å²) < 4.78 is 45.5. The summed E-state index contributed by atoms with van der Waals surface area (Å²) in [6.45, 7) is -0.414. The second-order valence-corrected chi connectivity index (χ2v) is 6.94. The summed E-state index contributed by atoms with van der Waals surface area (Å²) in [4.78, 5) is -0.0763. The number of fused-ring (bicyclic) bond motifs is 1. The van der Waals surface area contributed by atoms with Gasteiger partial charge in [-0.3, -0.25) is 4.31 Å². The van der Waals surface area contributed by atoms with Gasteiger partial charge in [-0.1, -0.05) is 0 Å². The maximum absolute atomic E-state index is 13.1. The standard InChI is InChI=1S/C15H15FN2O4S/c16-10-1-4-13(5-2-10)23(20,21)18-12(8-19)9-22-15-6-3-11(17)7-14(15)18/h1-7,12,19H,8-9,17H2. The Bertz CT molecular complexity index is 824. The molecule has 1 atom stereocenters. The number of ether oxygens (including phenoxy) is 1. The predicted octanol–water partition coefficient (Wildman–Crippen LogP) is 1.36. The molecule has 0 saturated heterocycles. The minimum atomic E-state index is -4.00. The normalized spacial score (nSPS) is 17.5. The first-order chi connectivity index (χ1) is 10.9. The molecular weight excluding hydrogens is 323 g/mol. The van der Waals surface area contributed by atoms with Crippen molar-refractivity contribution in [2.45, 2.75) is 10.9 Å². The van der Waals surface area contributed by atoms with Gasteiger partial charge in [0.05, 0.1) is 17.2 Å². The zero-order chi connectivity index (χ0) is 16.6. The zero-order valence-corrected chi connectivity index (χ0v) is 12.8. The van der Waals surface area contributed by atoms with Crippen LogP contribution < -0.4 is 14.8 Å². The van der Waals surface area contributed by atoms with Crippen molar-refractivity contribution in [1.82, 2.24) is 0 Å². The van der Waals surface area contributed by atoms with Crippen LogP contribution >= 0.6 is 0 Å². The number of aliphatic hydroxyl groups is 1. The molecule has 1 aliphatic heterocycles. The molecule has 3 rings (SSSR count). The molecule has 0 amide bonds. The number of hydrogen-bond acceptors (Lipinski definition) is 5. The number of nitrogen functional groups attached to an aromatic ring is 1. The number of halogens is 1. The SMILES string of the molecule is Nc1ccc2c(c1)N(S(=O)(=O)c1ccc(F)cc1)C(CO)CO2. The Morgan fingerprint density at radius 3 is 2.61 bits per heavy atom. The summed E-state index contributed by atoms with van der Waals surface area (Å²) in [6, 6.07) is 8.36. The van der Waals surface area contributed by atoms with Crippen LogP contribution in [0.4, 0.5) is 15.8 Å². The molecule has 1 aliphatic rings. The lowest BCUT2D eigenvalue weighted by atomic mass is 10.2. The van der Waals surface area contributed by atoms with Gasteiger partial charge in [0.15, 0.2) is 0 Å². The third-order valence-electron chi connectivity index (χ3n) is 3.56. The van der Waals surface area contributed by atoms with Gasteiger partial charge >= 0.3 is 0 Å². The Morgan fingerprint density at radius 1 is 1.26 bits per heavy atom. The van der Waals surface area contributed by atoms with Gasteiger partial charge in [0.25, 0.3) is 10.0 Å². The van der Waals surface area contributed by atoms with E-state index in [0.717, 1.165) is 16.4 Å². The fourth-order valence-corrected chi connectivity index (χ4v) is 4.08. The van der Waals surface area contributed by atoms with Crippen molar-refractivity contribution in [2.24, 2.45) is 0 Å². The lowest BCUT2D eigenvalue weighted by molar-refractivity contribution is 0.198. The van der Waals surface area contributed by atoms with E-state index >= 15 is 0 Å². The van der Waals surface area contributed by atoms with Gasteiger partial charge in [0.2, 0.25) is 0 Å². The van der Waals surface area contributed by atoms with Crippen LogP contribution in [0, 0.1) is 5.82 Å². The highest BCUT2D eigenvalue weighted by molar-refractivity contribution is 7.92. The molecular formula is C15H15FN2O4S. The summed E-state index contributed by atoms with van der Waals surface area (Å²) in [5.41, 5.74) is 6.36. The highest BCUT2D eigenvalue weighted by Crippen LogP contribution is 2.38. The number of aliphatic hydroxyl groups excluding tert-OH is 1. The number of nitrogens with two attached hydrogens (primary N) is 1. The number of hydrogen-bond donors (Lipinski definition) is 2. The molecule has 0 radical (unpaired) electrons. The molecule has 0 fully saturated rings. The zero-order valence-electron chi connectivity index (χ0n) is 12.0. The average Bonchev–Trinajstić information content (AvgIpc) is 2.53. The molecule has 6 nitrogen and oxygen atoms in total. The Balaban J connectivity index is 2.15. The fraction of sp³-hybridized carbons (Fsp3) is 0.200. The molecule has 3 N–H and O–H groups in total. The second-order valence-electron chi connectivity index (χ2n) is 5.13. The van der Waals surface area contributed by atoms with Gasteiger partial charge in [-0.2, -0.15) is 0 Å². The van der Waals surface area contributed by atoms with E-state index in [1.165, 1.54) is 18.2 Å². The molecule has 2 aromatic rings. The van der Waals surface area contributed by atoms with Crippen molar-refractivity contribution in [3.05, 3.63) is 48.3 Å². The van der Waals surface area contributed by atoms with Gasteiger partial charge in [0, 0.05) is 5.69 Å². The molecule has 23 heavy (non-hydrogen) atoms. The first-order valence-electron chi connectivity index (χ1n) is 6.86. The third-order valence-corrected chi connectivity index (χ3v) is 5.45. The topological polar surface area (TPSA) is 92.9 Å². The summed E-state index contributed by atoms with van der Waals surface area (Å²) in [5.74, 6) is -0.177. The Morgan fingerprint density at radius 2 is 1.96 bits per heavy atom. The van der Waals surface area contributed by atoms with Crippen LogP contribution in [0.3, 0.4) is 0 Å². The molecule has 0 aliphatic carbocycles. The van der Waals surface area contributed by atoms with Crippen LogP contribution in [0.25, 0.3) is 0 Å². The maximum atomic E-state index is 13.1. The summed E-state index contributed by atoms with van der Waals surface area (Å²) in [5, 5.41) is 9.53. The Labute approximate surface area is 133 Å². The molecule has 0 aromatic heterocycles. The molecule has 122 valence electrons. The molecule has 1 heterocycles. The van der Waals surface area contributed by atoms with Crippen molar-refractivity contribution >= 4 is 21.4 Å². The number of anilines is 2. The quantitative estimate of drug-likeness (QED) is 0.824. The van der Waals surface area contributed by atoms with Gasteiger partial charge in [-0.05, 0) is 42.5 Å². The van der Waals surface area contributed by atoms with E-state index < -0.39 is 28.5 Å². The lowest BCUT2D eigenvalue weighted by Crippen LogP contribution is -2.48. The van der Waals surface area contributed by atoms with Gasteiger partial charge in [-0.15, -0.1) is 0 Å². The fourth-order valence-electron chi connectivity index (χ4n) is 2.45. The van der Waals surface area contributed by atoms with Gasteiger partial charge < -0.3 is 15.6 Å². The lowest BCUT2D eigenvalue weighted by Gasteiger charge is -2.36. The van der Waals surface area contributed by atoms with E-state index in [0.29, 0.717) is 11.4 Å². The maximum Gasteiger partial charge on any atom is 0.264 e. The third kappa shape index (κ3) is 2.71. The van der Waals surface area contributed by atoms with Crippen molar-refractivity contribution in [2.75, 3.05) is 23.3 Å². The molecule has 0 saturated carbocycles. The molecule has 0 spiro atoms. The van der Waals surface area contributed by atoms with Gasteiger partial charge in [-0.25, -0.2) is 12.8 Å². The summed E-state index contributed by atoms with van der Waals surface area (Å²) in [7, 11) is -4.00. The molecule has 2 aromatic carbocycles. The Hall–Kier alpha value is -2.32. The van der Waals surface area contributed by atoms with E-state index in [2.05, 4.69) is 0 Å². The average molecular weight is 338 g/mol. The van der Waals surface area contributed by atoms with Crippen LogP contribution in [0.1, 0.15) is 0 Å². The van der Waals surface area contributed by atoms with Crippen molar-refractivity contribution in [3.8, 4) is 5.75 Å². The van der Waals surface area contributed by atoms with Crippen LogP contribution in [0.15, 0.2) is 47.4 Å². The highest BCUT2D eigenvalue weighted by Gasteiger charge is 2.37. The van der Waals surface area contributed by atoms with E-state index in [4.69, 9.17) is 10.5 Å². The highest BCUT2D eigenvalue weighted by atomic mass is 32.2. The van der Waals surface area contributed by atoms with E-state index in [1.807, 2.05) is 0 Å². The van der Waals surface area contributed by atoms with Crippen LogP contribution in [0.5, 0.6) is 5.75 Å². The minimum absolute atomic E-state index is 0.00778. The van der Waals surface area contributed by atoms with E-state index in [1.54, 1.807) is 12.1 Å². The largest absolute Gasteiger partial charge is 0.489 e. The minimum Gasteiger partial charge on any atom is -0.489 e. The molecule has 0 bridgehead atoms. The predicted molar refractivity (Wildman–Crippen MR) is 83.3 cm³/mol. The van der Waals surface area contributed by atoms with Crippen molar-refractivity contribution in [1.29, 1.82) is 0 Å². The summed E-state index contributed by atoms with van der Waals surface area (Å²) in [6.07, 6.45) is 0.